The van der Waals surface area contributed by atoms with Crippen LogP contribution in [0.3, 0.4) is 0 Å². The zero-order valence-electron chi connectivity index (χ0n) is 16.5. The predicted molar refractivity (Wildman–Crippen MR) is 108 cm³/mol. The number of hydrogen-bond acceptors (Lipinski definition) is 6. The van der Waals surface area contributed by atoms with Gasteiger partial charge in [-0.3, -0.25) is 9.48 Å². The highest BCUT2D eigenvalue weighted by molar-refractivity contribution is 5.87. The lowest BCUT2D eigenvalue weighted by Crippen LogP contribution is -2.51. The molecule has 3 aromatic rings. The summed E-state index contributed by atoms with van der Waals surface area (Å²) in [5.74, 6) is 1.56. The highest BCUT2D eigenvalue weighted by Gasteiger charge is 2.27. The zero-order valence-corrected chi connectivity index (χ0v) is 16.5. The van der Waals surface area contributed by atoms with Crippen molar-refractivity contribution in [1.29, 1.82) is 0 Å². The summed E-state index contributed by atoms with van der Waals surface area (Å²) in [5, 5.41) is 5.24. The van der Waals surface area contributed by atoms with Crippen LogP contribution in [-0.4, -0.2) is 56.7 Å². The number of benzene rings is 1. The van der Waals surface area contributed by atoms with E-state index >= 15 is 0 Å². The van der Waals surface area contributed by atoms with E-state index in [4.69, 9.17) is 5.73 Å². The van der Waals surface area contributed by atoms with Gasteiger partial charge < -0.3 is 15.5 Å². The van der Waals surface area contributed by atoms with Crippen LogP contribution in [0.15, 0.2) is 30.5 Å². The molecule has 2 N–H and O–H groups in total. The maximum absolute atomic E-state index is 12.8. The molecule has 1 atom stereocenters. The number of carbonyl (C=O) groups excluding carboxylic acids is 1. The van der Waals surface area contributed by atoms with Gasteiger partial charge in [-0.25, -0.2) is 9.97 Å². The van der Waals surface area contributed by atoms with Crippen LogP contribution in [0, 0.1) is 13.8 Å². The molecule has 1 aliphatic heterocycles. The van der Waals surface area contributed by atoms with E-state index in [2.05, 4.69) is 20.0 Å². The fourth-order valence-corrected chi connectivity index (χ4v) is 3.61. The number of nitrogens with zero attached hydrogens (tertiary/aromatic N) is 6. The van der Waals surface area contributed by atoms with E-state index < -0.39 is 6.04 Å². The van der Waals surface area contributed by atoms with E-state index in [-0.39, 0.29) is 5.91 Å². The Hall–Kier alpha value is -3.00. The quantitative estimate of drug-likeness (QED) is 0.738. The van der Waals surface area contributed by atoms with Crippen molar-refractivity contribution in [3.8, 4) is 0 Å². The van der Waals surface area contributed by atoms with E-state index in [0.29, 0.717) is 32.0 Å². The maximum atomic E-state index is 12.8. The first-order chi connectivity index (χ1) is 13.4. The summed E-state index contributed by atoms with van der Waals surface area (Å²) in [6.45, 7) is 6.53. The second kappa shape index (κ2) is 7.20. The summed E-state index contributed by atoms with van der Waals surface area (Å²) < 4.78 is 1.76. The highest BCUT2D eigenvalue weighted by Crippen LogP contribution is 2.25. The molecule has 8 nitrogen and oxygen atoms in total. The first kappa shape index (κ1) is 18.4. The van der Waals surface area contributed by atoms with Gasteiger partial charge in [0.25, 0.3) is 0 Å². The third-order valence-electron chi connectivity index (χ3n) is 5.28. The Morgan fingerprint density at radius 1 is 1.07 bits per heavy atom. The van der Waals surface area contributed by atoms with Crippen molar-refractivity contribution in [2.24, 2.45) is 12.8 Å². The molecular formula is C20H25N7O. The molecule has 0 aliphatic carbocycles. The van der Waals surface area contributed by atoms with E-state index in [1.165, 1.54) is 0 Å². The van der Waals surface area contributed by atoms with Gasteiger partial charge in [-0.2, -0.15) is 5.10 Å². The van der Waals surface area contributed by atoms with E-state index in [0.717, 1.165) is 28.0 Å². The first-order valence-corrected chi connectivity index (χ1v) is 9.46. The molecule has 3 heterocycles. The lowest BCUT2D eigenvalue weighted by molar-refractivity contribution is -0.133. The van der Waals surface area contributed by atoms with Crippen LogP contribution < -0.4 is 10.6 Å². The Labute approximate surface area is 164 Å². The number of amides is 1. The molecular weight excluding hydrogens is 354 g/mol. The Morgan fingerprint density at radius 3 is 2.43 bits per heavy atom. The molecule has 1 amide bonds. The number of aromatic nitrogens is 4. The number of rotatable bonds is 3. The Morgan fingerprint density at radius 2 is 1.75 bits per heavy atom. The summed E-state index contributed by atoms with van der Waals surface area (Å²) in [4.78, 5) is 26.0. The monoisotopic (exact) mass is 379 g/mol. The van der Waals surface area contributed by atoms with Crippen molar-refractivity contribution >= 4 is 22.8 Å². The van der Waals surface area contributed by atoms with Crippen LogP contribution in [0.25, 0.3) is 11.0 Å². The molecule has 2 aromatic heterocycles. The normalized spacial score (nSPS) is 15.9. The summed E-state index contributed by atoms with van der Waals surface area (Å²) in [7, 11) is 1.88. The van der Waals surface area contributed by atoms with Crippen molar-refractivity contribution in [2.75, 3.05) is 31.1 Å². The Balaban J connectivity index is 1.48. The highest BCUT2D eigenvalue weighted by atomic mass is 16.2. The lowest BCUT2D eigenvalue weighted by atomic mass is 10.0. The number of hydrogen-bond donors (Lipinski definition) is 1. The standard InChI is InChI=1S/C20H25N7O/c1-13-4-6-15(7-5-13)17(21)20(28)27-10-8-26(9-11-27)19-16-12-22-25(3)18(16)23-14(2)24-19/h4-7,12,17H,8-11,21H2,1-3H3. The Kier molecular flexibility index (Phi) is 4.72. The minimum atomic E-state index is -0.626. The summed E-state index contributed by atoms with van der Waals surface area (Å²) >= 11 is 0. The molecule has 1 fully saturated rings. The first-order valence-electron chi connectivity index (χ1n) is 9.46. The van der Waals surface area contributed by atoms with Gasteiger partial charge in [0.05, 0.1) is 11.6 Å². The van der Waals surface area contributed by atoms with Gasteiger partial charge in [-0.1, -0.05) is 29.8 Å². The lowest BCUT2D eigenvalue weighted by Gasteiger charge is -2.36. The van der Waals surface area contributed by atoms with Crippen molar-refractivity contribution in [1.82, 2.24) is 24.6 Å². The number of carbonyl (C=O) groups is 1. The fraction of sp³-hybridized carbons (Fsp3) is 0.400. The summed E-state index contributed by atoms with van der Waals surface area (Å²) in [5.41, 5.74) is 9.05. The number of fused-ring (bicyclic) bond motifs is 1. The van der Waals surface area contributed by atoms with Gasteiger partial charge in [0.15, 0.2) is 5.65 Å². The topological polar surface area (TPSA) is 93.2 Å². The van der Waals surface area contributed by atoms with Gasteiger partial charge in [0.1, 0.15) is 17.7 Å². The molecule has 1 aliphatic rings. The largest absolute Gasteiger partial charge is 0.352 e. The van der Waals surface area contributed by atoms with Crippen LogP contribution in [0.5, 0.6) is 0 Å². The fourth-order valence-electron chi connectivity index (χ4n) is 3.61. The second-order valence-corrected chi connectivity index (χ2v) is 7.30. The third kappa shape index (κ3) is 3.31. The van der Waals surface area contributed by atoms with E-state index in [1.807, 2.05) is 50.1 Å². The van der Waals surface area contributed by atoms with Crippen LogP contribution in [0.4, 0.5) is 5.82 Å². The second-order valence-electron chi connectivity index (χ2n) is 7.30. The average molecular weight is 379 g/mol. The van der Waals surface area contributed by atoms with Crippen LogP contribution in [0.1, 0.15) is 23.0 Å². The Bertz CT molecular complexity index is 1000. The molecule has 0 spiro atoms. The smallest absolute Gasteiger partial charge is 0.244 e. The van der Waals surface area contributed by atoms with Gasteiger partial charge in [0.2, 0.25) is 5.91 Å². The van der Waals surface area contributed by atoms with Gasteiger partial charge >= 0.3 is 0 Å². The van der Waals surface area contributed by atoms with Crippen molar-refractivity contribution in [3.63, 3.8) is 0 Å². The molecule has 1 saturated heterocycles. The predicted octanol–water partition coefficient (Wildman–Crippen LogP) is 1.33. The van der Waals surface area contributed by atoms with Crippen LogP contribution in [-0.2, 0) is 11.8 Å². The molecule has 4 rings (SSSR count). The summed E-state index contributed by atoms with van der Waals surface area (Å²) in [6, 6.07) is 7.19. The minimum Gasteiger partial charge on any atom is -0.352 e. The number of nitrogens with two attached hydrogens (primary N) is 1. The molecule has 28 heavy (non-hydrogen) atoms. The average Bonchev–Trinajstić information content (AvgIpc) is 3.08. The zero-order chi connectivity index (χ0) is 19.8. The number of piperazine rings is 1. The van der Waals surface area contributed by atoms with Crippen molar-refractivity contribution in [2.45, 2.75) is 19.9 Å². The van der Waals surface area contributed by atoms with Gasteiger partial charge in [0, 0.05) is 33.2 Å². The molecule has 0 bridgehead atoms. The van der Waals surface area contributed by atoms with Gasteiger partial charge in [-0.15, -0.1) is 0 Å². The molecule has 146 valence electrons. The third-order valence-corrected chi connectivity index (χ3v) is 5.28. The van der Waals surface area contributed by atoms with Crippen molar-refractivity contribution < 1.29 is 4.79 Å². The van der Waals surface area contributed by atoms with Crippen LogP contribution in [0.2, 0.25) is 0 Å². The number of anilines is 1. The number of aryl methyl sites for hydroxylation is 3. The van der Waals surface area contributed by atoms with Gasteiger partial charge in [-0.05, 0) is 19.4 Å². The van der Waals surface area contributed by atoms with E-state index in [9.17, 15) is 4.79 Å². The van der Waals surface area contributed by atoms with Crippen molar-refractivity contribution in [3.05, 3.63) is 47.4 Å². The SMILES string of the molecule is Cc1ccc(C(N)C(=O)N2CCN(c3nc(C)nc4c3cnn4C)CC2)cc1. The molecule has 0 saturated carbocycles. The maximum Gasteiger partial charge on any atom is 0.244 e. The minimum absolute atomic E-state index is 0.0334. The molecule has 8 heteroatoms. The van der Waals surface area contributed by atoms with Crippen LogP contribution >= 0.6 is 0 Å². The molecule has 0 radical (unpaired) electrons. The molecule has 1 unspecified atom stereocenters. The summed E-state index contributed by atoms with van der Waals surface area (Å²) in [6.07, 6.45) is 1.80. The van der Waals surface area contributed by atoms with E-state index in [1.54, 1.807) is 10.9 Å². The molecule has 1 aromatic carbocycles.